The summed E-state index contributed by atoms with van der Waals surface area (Å²) in [5.74, 6) is -0.347. The fourth-order valence-electron chi connectivity index (χ4n) is 1.57. The quantitative estimate of drug-likeness (QED) is 0.786. The van der Waals surface area contributed by atoms with Crippen LogP contribution in [0.15, 0.2) is 44.7 Å². The minimum Gasteiger partial charge on any atom is -0.272 e. The van der Waals surface area contributed by atoms with Gasteiger partial charge in [0.15, 0.2) is 5.82 Å². The molecule has 0 bridgehead atoms. The molecule has 0 aliphatic carbocycles. The molecule has 1 aromatic heterocycles. The Morgan fingerprint density at radius 3 is 2.52 bits per heavy atom. The lowest BCUT2D eigenvalue weighted by molar-refractivity contribution is 0.598. The lowest BCUT2D eigenvalue weighted by atomic mass is 10.4. The van der Waals surface area contributed by atoms with Gasteiger partial charge in [-0.2, -0.15) is 5.10 Å². The van der Waals surface area contributed by atoms with Crippen LogP contribution in [-0.4, -0.2) is 26.6 Å². The largest absolute Gasteiger partial charge is 0.272 e. The van der Waals surface area contributed by atoms with E-state index in [-0.39, 0.29) is 10.7 Å². The molecule has 0 aliphatic rings. The van der Waals surface area contributed by atoms with E-state index in [9.17, 15) is 16.8 Å². The normalized spacial score (nSPS) is 12.3. The highest BCUT2D eigenvalue weighted by molar-refractivity contribution is 9.10. The lowest BCUT2D eigenvalue weighted by Gasteiger charge is -2.07. The molecule has 2 aromatic rings. The Bertz CT molecular complexity index is 890. The van der Waals surface area contributed by atoms with E-state index < -0.39 is 24.9 Å². The van der Waals surface area contributed by atoms with E-state index in [1.807, 2.05) is 0 Å². The molecule has 0 radical (unpaired) electrons. The summed E-state index contributed by atoms with van der Waals surface area (Å²) in [7, 11) is -6.63. The van der Waals surface area contributed by atoms with Gasteiger partial charge in [0.25, 0.3) is 10.0 Å². The van der Waals surface area contributed by atoms with Gasteiger partial charge in [0, 0.05) is 17.7 Å². The maximum absolute atomic E-state index is 12.2. The summed E-state index contributed by atoms with van der Waals surface area (Å²) in [4.78, 5) is -0.438. The Morgan fingerprint density at radius 2 is 1.95 bits per heavy atom. The molecule has 0 fully saturated rings. The van der Waals surface area contributed by atoms with Gasteiger partial charge in [0.2, 0.25) is 10.0 Å². The third kappa shape index (κ3) is 3.61. The zero-order valence-corrected chi connectivity index (χ0v) is 13.9. The van der Waals surface area contributed by atoms with Crippen molar-refractivity contribution < 1.29 is 16.8 Å². The van der Waals surface area contributed by atoms with Crippen LogP contribution in [0.4, 0.5) is 5.82 Å². The fraction of sp³-hybridized carbons (Fsp3) is 0.100. The summed E-state index contributed by atoms with van der Waals surface area (Å²) < 4.78 is 51.1. The Labute approximate surface area is 130 Å². The zero-order valence-electron chi connectivity index (χ0n) is 10.7. The standard InChI is InChI=1S/C10H11BrN4O4S2/c1-15-6-9(20(12,16)17)10(13-15)14-21(18,19)8-4-2-3-7(11)5-8/h2-6H,1H3,(H,13,14)(H2,12,16,17). The second-order valence-electron chi connectivity index (χ2n) is 4.12. The Hall–Kier alpha value is -1.43. The number of aromatic nitrogens is 2. The van der Waals surface area contributed by atoms with Crippen molar-refractivity contribution in [1.82, 2.24) is 9.78 Å². The van der Waals surface area contributed by atoms with E-state index in [0.29, 0.717) is 4.47 Å². The number of benzene rings is 1. The molecule has 8 nitrogen and oxygen atoms in total. The topological polar surface area (TPSA) is 124 Å². The third-order valence-electron chi connectivity index (χ3n) is 2.44. The Balaban J connectivity index is 2.47. The van der Waals surface area contributed by atoms with Crippen LogP contribution >= 0.6 is 15.9 Å². The number of nitrogens with zero attached hydrogens (tertiary/aromatic N) is 2. The summed E-state index contributed by atoms with van der Waals surface area (Å²) in [5.41, 5.74) is 0. The van der Waals surface area contributed by atoms with Gasteiger partial charge in [0.1, 0.15) is 4.90 Å². The monoisotopic (exact) mass is 394 g/mol. The van der Waals surface area contributed by atoms with Crippen molar-refractivity contribution in [2.24, 2.45) is 12.2 Å². The van der Waals surface area contributed by atoms with E-state index >= 15 is 0 Å². The van der Waals surface area contributed by atoms with Crippen molar-refractivity contribution in [1.29, 1.82) is 0 Å². The number of halogens is 1. The summed E-state index contributed by atoms with van der Waals surface area (Å²) in [6.07, 6.45) is 1.12. The number of rotatable bonds is 4. The van der Waals surface area contributed by atoms with Crippen LogP contribution in [0, 0.1) is 0 Å². The van der Waals surface area contributed by atoms with Gasteiger partial charge in [-0.05, 0) is 18.2 Å². The Kier molecular flexibility index (Phi) is 4.10. The number of anilines is 1. The van der Waals surface area contributed by atoms with Crippen molar-refractivity contribution in [3.63, 3.8) is 0 Å². The molecule has 0 aliphatic heterocycles. The lowest BCUT2D eigenvalue weighted by Crippen LogP contribution is -2.18. The third-order valence-corrected chi connectivity index (χ3v) is 5.18. The highest BCUT2D eigenvalue weighted by Gasteiger charge is 2.23. The highest BCUT2D eigenvalue weighted by atomic mass is 79.9. The number of sulfonamides is 2. The smallest absolute Gasteiger partial charge is 0.263 e. The molecule has 2 rings (SSSR count). The van der Waals surface area contributed by atoms with Crippen molar-refractivity contribution in [2.45, 2.75) is 9.79 Å². The van der Waals surface area contributed by atoms with Crippen LogP contribution < -0.4 is 9.86 Å². The second kappa shape index (κ2) is 5.40. The molecule has 11 heteroatoms. The molecule has 0 saturated heterocycles. The predicted molar refractivity (Wildman–Crippen MR) is 79.5 cm³/mol. The van der Waals surface area contributed by atoms with Crippen molar-refractivity contribution in [2.75, 3.05) is 4.72 Å². The summed E-state index contributed by atoms with van der Waals surface area (Å²) >= 11 is 3.16. The van der Waals surface area contributed by atoms with E-state index in [2.05, 4.69) is 25.8 Å². The SMILES string of the molecule is Cn1cc(S(N)(=O)=O)c(NS(=O)(=O)c2cccc(Br)c2)n1. The number of nitrogens with one attached hydrogen (secondary N) is 1. The average Bonchev–Trinajstić information content (AvgIpc) is 2.69. The molecule has 21 heavy (non-hydrogen) atoms. The van der Waals surface area contributed by atoms with Crippen molar-refractivity contribution in [3.8, 4) is 0 Å². The molecular formula is C10H11BrN4O4S2. The van der Waals surface area contributed by atoms with Gasteiger partial charge < -0.3 is 0 Å². The fourth-order valence-corrected chi connectivity index (χ4v) is 3.91. The molecular weight excluding hydrogens is 384 g/mol. The van der Waals surface area contributed by atoms with Gasteiger partial charge in [-0.1, -0.05) is 22.0 Å². The molecule has 0 unspecified atom stereocenters. The first-order chi connectivity index (χ1) is 9.59. The van der Waals surface area contributed by atoms with Gasteiger partial charge in [-0.3, -0.25) is 9.40 Å². The number of hydrogen-bond donors (Lipinski definition) is 2. The molecule has 0 amide bonds. The minimum absolute atomic E-state index is 0.0390. The van der Waals surface area contributed by atoms with E-state index in [4.69, 9.17) is 5.14 Å². The number of nitrogens with two attached hydrogens (primary N) is 1. The average molecular weight is 395 g/mol. The molecule has 1 heterocycles. The van der Waals surface area contributed by atoms with Crippen molar-refractivity contribution in [3.05, 3.63) is 34.9 Å². The van der Waals surface area contributed by atoms with Gasteiger partial charge in [-0.15, -0.1) is 0 Å². The molecule has 114 valence electrons. The van der Waals surface area contributed by atoms with Crippen LogP contribution in [0.1, 0.15) is 0 Å². The van der Waals surface area contributed by atoms with Crippen LogP contribution in [0.3, 0.4) is 0 Å². The van der Waals surface area contributed by atoms with Gasteiger partial charge in [-0.25, -0.2) is 22.0 Å². The highest BCUT2D eigenvalue weighted by Crippen LogP contribution is 2.22. The Morgan fingerprint density at radius 1 is 1.29 bits per heavy atom. The number of hydrogen-bond acceptors (Lipinski definition) is 5. The molecule has 3 N–H and O–H groups in total. The first-order valence-corrected chi connectivity index (χ1v) is 9.27. The summed E-state index contributed by atoms with van der Waals surface area (Å²) in [5, 5.41) is 8.79. The van der Waals surface area contributed by atoms with Crippen LogP contribution in [0.2, 0.25) is 0 Å². The van der Waals surface area contributed by atoms with E-state index in [1.54, 1.807) is 6.07 Å². The van der Waals surface area contributed by atoms with Gasteiger partial charge in [0.05, 0.1) is 4.90 Å². The minimum atomic E-state index is -4.09. The molecule has 0 spiro atoms. The van der Waals surface area contributed by atoms with E-state index in [0.717, 1.165) is 10.9 Å². The van der Waals surface area contributed by atoms with Gasteiger partial charge >= 0.3 is 0 Å². The number of aryl methyl sites for hydroxylation is 1. The molecule has 0 atom stereocenters. The van der Waals surface area contributed by atoms with Crippen LogP contribution in [-0.2, 0) is 27.1 Å². The number of primary sulfonamides is 1. The summed E-state index contributed by atoms with van der Waals surface area (Å²) in [6, 6.07) is 5.95. The van der Waals surface area contributed by atoms with E-state index in [1.165, 1.54) is 25.2 Å². The van der Waals surface area contributed by atoms with Crippen molar-refractivity contribution >= 4 is 41.8 Å². The first kappa shape index (κ1) is 15.9. The van der Waals surface area contributed by atoms with Crippen LogP contribution in [0.25, 0.3) is 0 Å². The first-order valence-electron chi connectivity index (χ1n) is 5.44. The van der Waals surface area contributed by atoms with Crippen LogP contribution in [0.5, 0.6) is 0 Å². The summed E-state index contributed by atoms with van der Waals surface area (Å²) in [6.45, 7) is 0. The maximum Gasteiger partial charge on any atom is 0.263 e. The molecule has 0 saturated carbocycles. The molecule has 1 aromatic carbocycles. The maximum atomic E-state index is 12.2. The zero-order chi connectivity index (χ0) is 15.8. The predicted octanol–water partition coefficient (Wildman–Crippen LogP) is 0.631. The second-order valence-corrected chi connectivity index (χ2v) is 8.25.